The van der Waals surface area contributed by atoms with Gasteiger partial charge in [0.05, 0.1) is 7.11 Å². The number of anilines is 1. The Kier molecular flexibility index (Phi) is 3.79. The second-order valence-corrected chi connectivity index (χ2v) is 5.25. The molecule has 3 rings (SSSR count). The van der Waals surface area contributed by atoms with Gasteiger partial charge < -0.3 is 10.1 Å². The monoisotopic (exact) mass is 291 g/mol. The van der Waals surface area contributed by atoms with Gasteiger partial charge in [0.25, 0.3) is 5.91 Å². The molecule has 0 heterocycles. The molecule has 0 aliphatic rings. The SMILES string of the molecule is COc1ccc2cc(C(=O)Nc3ccc(C)cc3)ccc2c1. The lowest BCUT2D eigenvalue weighted by Crippen LogP contribution is -2.11. The van der Waals surface area contributed by atoms with E-state index < -0.39 is 0 Å². The predicted octanol–water partition coefficient (Wildman–Crippen LogP) is 4.41. The van der Waals surface area contributed by atoms with Gasteiger partial charge in [-0.15, -0.1) is 0 Å². The average molecular weight is 291 g/mol. The zero-order valence-corrected chi connectivity index (χ0v) is 12.6. The van der Waals surface area contributed by atoms with E-state index >= 15 is 0 Å². The molecule has 0 unspecified atom stereocenters. The number of ether oxygens (including phenoxy) is 1. The fourth-order valence-corrected chi connectivity index (χ4v) is 2.33. The first kappa shape index (κ1) is 14.1. The molecule has 1 amide bonds. The van der Waals surface area contributed by atoms with E-state index in [0.29, 0.717) is 5.56 Å². The molecule has 3 aromatic carbocycles. The summed E-state index contributed by atoms with van der Waals surface area (Å²) in [4.78, 5) is 12.3. The van der Waals surface area contributed by atoms with E-state index in [1.54, 1.807) is 7.11 Å². The number of fused-ring (bicyclic) bond motifs is 1. The van der Waals surface area contributed by atoms with Crippen LogP contribution in [0.25, 0.3) is 10.8 Å². The number of carbonyl (C=O) groups is 1. The molecule has 3 nitrogen and oxygen atoms in total. The Morgan fingerprint density at radius 3 is 2.32 bits per heavy atom. The first-order valence-corrected chi connectivity index (χ1v) is 7.11. The number of carbonyl (C=O) groups excluding carboxylic acids is 1. The minimum Gasteiger partial charge on any atom is -0.497 e. The standard InChI is InChI=1S/C19H17NO2/c1-13-3-8-17(9-4-13)20-19(21)16-6-5-15-12-18(22-2)10-7-14(15)11-16/h3-12H,1-2H3,(H,20,21). The summed E-state index contributed by atoms with van der Waals surface area (Å²) in [6.07, 6.45) is 0. The third-order valence-corrected chi connectivity index (χ3v) is 3.62. The van der Waals surface area contributed by atoms with Crippen molar-refractivity contribution in [3.8, 4) is 5.75 Å². The number of rotatable bonds is 3. The van der Waals surface area contributed by atoms with E-state index in [9.17, 15) is 4.79 Å². The molecular formula is C19H17NO2. The molecule has 0 spiro atoms. The van der Waals surface area contributed by atoms with E-state index in [-0.39, 0.29) is 5.91 Å². The summed E-state index contributed by atoms with van der Waals surface area (Å²) in [5, 5.41) is 4.97. The highest BCUT2D eigenvalue weighted by Gasteiger charge is 2.07. The van der Waals surface area contributed by atoms with Gasteiger partial charge in [-0.3, -0.25) is 4.79 Å². The summed E-state index contributed by atoms with van der Waals surface area (Å²) in [5.74, 6) is 0.700. The molecular weight excluding hydrogens is 274 g/mol. The number of hydrogen-bond acceptors (Lipinski definition) is 2. The van der Waals surface area contributed by atoms with Gasteiger partial charge in [0.15, 0.2) is 0 Å². The molecule has 0 fully saturated rings. The van der Waals surface area contributed by atoms with E-state index in [1.165, 1.54) is 0 Å². The predicted molar refractivity (Wildman–Crippen MR) is 89.6 cm³/mol. The molecule has 22 heavy (non-hydrogen) atoms. The van der Waals surface area contributed by atoms with Crippen LogP contribution in [0.1, 0.15) is 15.9 Å². The zero-order valence-electron chi connectivity index (χ0n) is 12.6. The van der Waals surface area contributed by atoms with Crippen LogP contribution in [0.3, 0.4) is 0 Å². The highest BCUT2D eigenvalue weighted by molar-refractivity contribution is 6.06. The maximum Gasteiger partial charge on any atom is 0.255 e. The van der Waals surface area contributed by atoms with Crippen molar-refractivity contribution >= 4 is 22.4 Å². The van der Waals surface area contributed by atoms with Gasteiger partial charge in [-0.25, -0.2) is 0 Å². The number of benzene rings is 3. The number of methoxy groups -OCH3 is 1. The van der Waals surface area contributed by atoms with Gasteiger partial charge in [-0.2, -0.15) is 0 Å². The summed E-state index contributed by atoms with van der Waals surface area (Å²) in [6, 6.07) is 19.2. The van der Waals surface area contributed by atoms with Crippen molar-refractivity contribution in [1.29, 1.82) is 0 Å². The normalized spacial score (nSPS) is 10.5. The van der Waals surface area contributed by atoms with Gasteiger partial charge >= 0.3 is 0 Å². The summed E-state index contributed by atoms with van der Waals surface area (Å²) in [5.41, 5.74) is 2.60. The summed E-state index contributed by atoms with van der Waals surface area (Å²) in [7, 11) is 1.64. The summed E-state index contributed by atoms with van der Waals surface area (Å²) < 4.78 is 5.21. The van der Waals surface area contributed by atoms with Crippen LogP contribution in [0, 0.1) is 6.92 Å². The molecule has 3 aromatic rings. The van der Waals surface area contributed by atoms with Gasteiger partial charge in [0, 0.05) is 11.3 Å². The van der Waals surface area contributed by atoms with Crippen LogP contribution in [-0.4, -0.2) is 13.0 Å². The van der Waals surface area contributed by atoms with Crippen molar-refractivity contribution in [2.75, 3.05) is 12.4 Å². The van der Waals surface area contributed by atoms with Crippen LogP contribution in [0.2, 0.25) is 0 Å². The first-order chi connectivity index (χ1) is 10.7. The number of hydrogen-bond donors (Lipinski definition) is 1. The minimum absolute atomic E-state index is 0.110. The fraction of sp³-hybridized carbons (Fsp3) is 0.105. The lowest BCUT2D eigenvalue weighted by molar-refractivity contribution is 0.102. The van der Waals surface area contributed by atoms with Crippen molar-refractivity contribution in [1.82, 2.24) is 0 Å². The highest BCUT2D eigenvalue weighted by Crippen LogP contribution is 2.22. The maximum atomic E-state index is 12.3. The smallest absolute Gasteiger partial charge is 0.255 e. The zero-order chi connectivity index (χ0) is 15.5. The van der Waals surface area contributed by atoms with E-state index in [1.807, 2.05) is 67.6 Å². The molecule has 0 saturated carbocycles. The van der Waals surface area contributed by atoms with Crippen molar-refractivity contribution < 1.29 is 9.53 Å². The molecule has 0 aliphatic heterocycles. The van der Waals surface area contributed by atoms with Crippen LogP contribution in [0.5, 0.6) is 5.75 Å². The molecule has 0 saturated heterocycles. The molecule has 0 bridgehead atoms. The summed E-state index contributed by atoms with van der Waals surface area (Å²) in [6.45, 7) is 2.02. The van der Waals surface area contributed by atoms with Gasteiger partial charge in [0.2, 0.25) is 0 Å². The third kappa shape index (κ3) is 2.93. The molecule has 1 N–H and O–H groups in total. The van der Waals surface area contributed by atoms with E-state index in [4.69, 9.17) is 4.74 Å². The summed E-state index contributed by atoms with van der Waals surface area (Å²) >= 11 is 0. The van der Waals surface area contributed by atoms with Crippen LogP contribution < -0.4 is 10.1 Å². The van der Waals surface area contributed by atoms with Gasteiger partial charge in [0.1, 0.15) is 5.75 Å². The van der Waals surface area contributed by atoms with E-state index in [0.717, 1.165) is 27.8 Å². The molecule has 0 aromatic heterocycles. The quantitative estimate of drug-likeness (QED) is 0.776. The van der Waals surface area contributed by atoms with Gasteiger partial charge in [-0.05, 0) is 54.1 Å². The number of amides is 1. The third-order valence-electron chi connectivity index (χ3n) is 3.62. The largest absolute Gasteiger partial charge is 0.497 e. The Balaban J connectivity index is 1.86. The molecule has 0 radical (unpaired) electrons. The highest BCUT2D eigenvalue weighted by atomic mass is 16.5. The Bertz CT molecular complexity index is 822. The number of nitrogens with one attached hydrogen (secondary N) is 1. The first-order valence-electron chi connectivity index (χ1n) is 7.11. The molecule has 3 heteroatoms. The Morgan fingerprint density at radius 1 is 0.909 bits per heavy atom. The molecule has 110 valence electrons. The van der Waals surface area contributed by atoms with Crippen molar-refractivity contribution in [2.24, 2.45) is 0 Å². The second kappa shape index (κ2) is 5.90. The second-order valence-electron chi connectivity index (χ2n) is 5.25. The lowest BCUT2D eigenvalue weighted by atomic mass is 10.1. The van der Waals surface area contributed by atoms with Crippen molar-refractivity contribution in [3.05, 3.63) is 71.8 Å². The topological polar surface area (TPSA) is 38.3 Å². The minimum atomic E-state index is -0.110. The maximum absolute atomic E-state index is 12.3. The lowest BCUT2D eigenvalue weighted by Gasteiger charge is -2.07. The van der Waals surface area contributed by atoms with Crippen LogP contribution in [0.15, 0.2) is 60.7 Å². The van der Waals surface area contributed by atoms with Crippen LogP contribution in [0.4, 0.5) is 5.69 Å². The number of aryl methyl sites for hydroxylation is 1. The average Bonchev–Trinajstić information content (AvgIpc) is 2.56. The van der Waals surface area contributed by atoms with Crippen LogP contribution in [-0.2, 0) is 0 Å². The van der Waals surface area contributed by atoms with Crippen molar-refractivity contribution in [2.45, 2.75) is 6.92 Å². The Morgan fingerprint density at radius 2 is 1.59 bits per heavy atom. The Hall–Kier alpha value is -2.81. The Labute approximate surface area is 129 Å². The fourth-order valence-electron chi connectivity index (χ4n) is 2.33. The van der Waals surface area contributed by atoms with E-state index in [2.05, 4.69) is 5.32 Å². The molecule has 0 aliphatic carbocycles. The van der Waals surface area contributed by atoms with Gasteiger partial charge in [-0.1, -0.05) is 29.8 Å². The van der Waals surface area contributed by atoms with Crippen molar-refractivity contribution in [3.63, 3.8) is 0 Å². The molecule has 0 atom stereocenters. The van der Waals surface area contributed by atoms with Crippen LogP contribution >= 0.6 is 0 Å².